The van der Waals surface area contributed by atoms with E-state index in [9.17, 15) is 19.2 Å². The third-order valence-electron chi connectivity index (χ3n) is 4.38. The van der Waals surface area contributed by atoms with Gasteiger partial charge >= 0.3 is 17.1 Å². The molecule has 0 amide bonds. The summed E-state index contributed by atoms with van der Waals surface area (Å²) in [5.74, 6) is -2.04. The van der Waals surface area contributed by atoms with Gasteiger partial charge in [0.25, 0.3) is 0 Å². The van der Waals surface area contributed by atoms with Crippen LogP contribution in [0.15, 0.2) is 44.0 Å². The number of carbonyl (C=O) groups is 3. The highest BCUT2D eigenvalue weighted by atomic mass is 32.2. The molecule has 31 heavy (non-hydrogen) atoms. The van der Waals surface area contributed by atoms with Crippen LogP contribution < -0.4 is 5.82 Å². The van der Waals surface area contributed by atoms with E-state index in [-0.39, 0.29) is 42.7 Å². The van der Waals surface area contributed by atoms with E-state index in [0.29, 0.717) is 11.8 Å². The molecule has 2 rings (SSSR count). The van der Waals surface area contributed by atoms with Crippen molar-refractivity contribution in [1.29, 1.82) is 0 Å². The molecule has 1 aromatic heterocycles. The van der Waals surface area contributed by atoms with Crippen LogP contribution in [0.3, 0.4) is 0 Å². The molecule has 0 unspecified atom stereocenters. The first kappa shape index (κ1) is 24.8. The molecule has 8 nitrogen and oxygen atoms in total. The Bertz CT molecular complexity index is 961. The summed E-state index contributed by atoms with van der Waals surface area (Å²) >= 11 is 4.84. The van der Waals surface area contributed by atoms with Gasteiger partial charge in [-0.2, -0.15) is 12.6 Å². The van der Waals surface area contributed by atoms with Crippen LogP contribution in [0.2, 0.25) is 0 Å². The molecule has 0 spiro atoms. The number of ether oxygens (including phenoxy) is 2. The largest absolute Gasteiger partial charge is 0.519 e. The summed E-state index contributed by atoms with van der Waals surface area (Å²) in [5.41, 5.74) is 0.836. The number of thiol groups is 1. The zero-order chi connectivity index (χ0) is 23.0. The first-order chi connectivity index (χ1) is 14.6. The molecule has 0 bridgehead atoms. The Hall–Kier alpha value is -2.46. The molecule has 0 fully saturated rings. The molecule has 0 radical (unpaired) electrons. The van der Waals surface area contributed by atoms with Gasteiger partial charge in [-0.15, -0.1) is 0 Å². The van der Waals surface area contributed by atoms with Gasteiger partial charge in [0.2, 0.25) is 0 Å². The number of rotatable bonds is 10. The molecule has 0 aliphatic carbocycles. The summed E-state index contributed by atoms with van der Waals surface area (Å²) in [6.07, 6.45) is -0.125. The molecule has 1 heterocycles. The molecule has 0 saturated heterocycles. The SMILES string of the molecule is Cc1oc(=O)oc1COC(=O)SC(C)(C)C(=O)C[C@@H](CS)C(=O)OCc1ccccc1. The lowest BCUT2D eigenvalue weighted by Crippen LogP contribution is -2.34. The lowest BCUT2D eigenvalue weighted by Gasteiger charge is -2.23. The van der Waals surface area contributed by atoms with Gasteiger partial charge in [0.05, 0.1) is 10.7 Å². The van der Waals surface area contributed by atoms with Crippen molar-refractivity contribution in [1.82, 2.24) is 0 Å². The Kier molecular flexibility index (Phi) is 9.00. The second kappa shape index (κ2) is 11.2. The van der Waals surface area contributed by atoms with Crippen molar-refractivity contribution in [3.63, 3.8) is 0 Å². The molecule has 1 aromatic carbocycles. The van der Waals surface area contributed by atoms with Crippen molar-refractivity contribution in [2.24, 2.45) is 5.92 Å². The first-order valence-electron chi connectivity index (χ1n) is 9.42. The number of benzene rings is 1. The number of hydrogen-bond acceptors (Lipinski definition) is 10. The quantitative estimate of drug-likeness (QED) is 0.409. The number of thioether (sulfide) groups is 1. The van der Waals surface area contributed by atoms with Gasteiger partial charge in [0.15, 0.2) is 18.1 Å². The molecule has 168 valence electrons. The van der Waals surface area contributed by atoms with Crippen LogP contribution in [-0.2, 0) is 32.3 Å². The van der Waals surface area contributed by atoms with Gasteiger partial charge < -0.3 is 18.3 Å². The molecule has 0 aliphatic rings. The standard InChI is InChI=1S/C21H24O8S2/c1-13-16(29-19(24)28-13)11-27-20(25)31-21(2,3)17(22)9-15(12-30)18(23)26-10-14-7-5-4-6-8-14/h4-8,15,30H,9-12H2,1-3H3/t15-/m0/s1. The fourth-order valence-electron chi connectivity index (χ4n) is 2.46. The Morgan fingerprint density at radius 2 is 1.77 bits per heavy atom. The Balaban J connectivity index is 1.86. The van der Waals surface area contributed by atoms with E-state index in [1.807, 2.05) is 30.3 Å². The predicted octanol–water partition coefficient (Wildman–Crippen LogP) is 3.94. The van der Waals surface area contributed by atoms with E-state index in [4.69, 9.17) is 13.9 Å². The maximum atomic E-state index is 12.7. The maximum Gasteiger partial charge on any atom is 0.519 e. The highest BCUT2D eigenvalue weighted by molar-refractivity contribution is 8.15. The van der Waals surface area contributed by atoms with E-state index >= 15 is 0 Å². The minimum atomic E-state index is -1.15. The lowest BCUT2D eigenvalue weighted by molar-refractivity contribution is -0.150. The Morgan fingerprint density at radius 1 is 1.10 bits per heavy atom. The number of esters is 1. The number of ketones is 1. The number of aryl methyl sites for hydroxylation is 1. The van der Waals surface area contributed by atoms with Crippen LogP contribution in [0.5, 0.6) is 0 Å². The summed E-state index contributed by atoms with van der Waals surface area (Å²) < 4.78 is 18.6. The summed E-state index contributed by atoms with van der Waals surface area (Å²) in [7, 11) is 0. The summed E-state index contributed by atoms with van der Waals surface area (Å²) in [6, 6.07) is 9.19. The van der Waals surface area contributed by atoms with Crippen molar-refractivity contribution >= 4 is 41.4 Å². The van der Waals surface area contributed by atoms with Gasteiger partial charge in [-0.05, 0) is 38.1 Å². The van der Waals surface area contributed by atoms with Crippen LogP contribution in [0.25, 0.3) is 0 Å². The highest BCUT2D eigenvalue weighted by Gasteiger charge is 2.35. The summed E-state index contributed by atoms with van der Waals surface area (Å²) in [5, 5.41) is -0.726. The van der Waals surface area contributed by atoms with Crippen LogP contribution in [0.1, 0.15) is 37.4 Å². The normalized spacial score (nSPS) is 12.3. The third kappa shape index (κ3) is 7.62. The zero-order valence-corrected chi connectivity index (χ0v) is 19.1. The maximum absolute atomic E-state index is 12.7. The van der Waals surface area contributed by atoms with E-state index in [2.05, 4.69) is 17.0 Å². The van der Waals surface area contributed by atoms with Gasteiger partial charge in [0, 0.05) is 12.2 Å². The van der Waals surface area contributed by atoms with E-state index < -0.39 is 27.8 Å². The first-order valence-corrected chi connectivity index (χ1v) is 10.9. The lowest BCUT2D eigenvalue weighted by atomic mass is 9.97. The summed E-state index contributed by atoms with van der Waals surface area (Å²) in [6.45, 7) is 4.44. The average molecular weight is 469 g/mol. The van der Waals surface area contributed by atoms with Crippen LogP contribution >= 0.6 is 24.4 Å². The van der Waals surface area contributed by atoms with E-state index in [1.165, 1.54) is 6.92 Å². The van der Waals surface area contributed by atoms with Gasteiger partial charge in [0.1, 0.15) is 12.4 Å². The number of Topliss-reactive ketones (excluding diaryl/α,β-unsaturated/α-hetero) is 1. The number of carbonyl (C=O) groups excluding carboxylic acids is 3. The fraction of sp³-hybridized carbons (Fsp3) is 0.429. The molecular formula is C21H24O8S2. The Morgan fingerprint density at radius 3 is 2.35 bits per heavy atom. The molecular weight excluding hydrogens is 444 g/mol. The van der Waals surface area contributed by atoms with Gasteiger partial charge in [-0.1, -0.05) is 30.3 Å². The van der Waals surface area contributed by atoms with Gasteiger partial charge in [-0.3, -0.25) is 9.59 Å². The second-order valence-corrected chi connectivity index (χ2v) is 9.11. The van der Waals surface area contributed by atoms with E-state index in [1.54, 1.807) is 13.8 Å². The zero-order valence-electron chi connectivity index (χ0n) is 17.4. The van der Waals surface area contributed by atoms with Crippen molar-refractivity contribution in [2.75, 3.05) is 5.75 Å². The monoisotopic (exact) mass is 468 g/mol. The molecule has 0 N–H and O–H groups in total. The van der Waals surface area contributed by atoms with Crippen molar-refractivity contribution in [3.05, 3.63) is 58.0 Å². The van der Waals surface area contributed by atoms with Crippen LogP contribution in [0, 0.1) is 12.8 Å². The molecule has 1 atom stereocenters. The van der Waals surface area contributed by atoms with Crippen molar-refractivity contribution < 1.29 is 32.7 Å². The third-order valence-corrected chi connectivity index (χ3v) is 5.84. The van der Waals surface area contributed by atoms with Gasteiger partial charge in [-0.25, -0.2) is 9.59 Å². The minimum absolute atomic E-state index is 0.0967. The van der Waals surface area contributed by atoms with Crippen LogP contribution in [-0.4, -0.2) is 27.6 Å². The average Bonchev–Trinajstić information content (AvgIpc) is 3.05. The van der Waals surface area contributed by atoms with E-state index in [0.717, 1.165) is 5.56 Å². The second-order valence-electron chi connectivity index (χ2n) is 7.18. The topological polar surface area (TPSA) is 113 Å². The minimum Gasteiger partial charge on any atom is -0.461 e. The smallest absolute Gasteiger partial charge is 0.461 e. The Labute approximate surface area is 189 Å². The highest BCUT2D eigenvalue weighted by Crippen LogP contribution is 2.30. The summed E-state index contributed by atoms with van der Waals surface area (Å²) in [4.78, 5) is 48.2. The predicted molar refractivity (Wildman–Crippen MR) is 117 cm³/mol. The molecule has 2 aromatic rings. The molecule has 0 aliphatic heterocycles. The fourth-order valence-corrected chi connectivity index (χ4v) is 3.47. The van der Waals surface area contributed by atoms with Crippen molar-refractivity contribution in [2.45, 2.75) is 45.2 Å². The van der Waals surface area contributed by atoms with Crippen molar-refractivity contribution in [3.8, 4) is 0 Å². The molecule has 0 saturated carbocycles. The van der Waals surface area contributed by atoms with Crippen LogP contribution in [0.4, 0.5) is 4.79 Å². The molecule has 10 heteroatoms. The number of hydrogen-bond donors (Lipinski definition) is 1.